The molecule has 0 spiro atoms. The maximum Gasteiger partial charge on any atom is 0.525 e. The average Bonchev–Trinajstić information content (AvgIpc) is 2.48. The summed E-state index contributed by atoms with van der Waals surface area (Å²) in [7, 11) is 0. The molecule has 0 aliphatic heterocycles. The van der Waals surface area contributed by atoms with Crippen molar-refractivity contribution in [3.8, 4) is 0 Å². The van der Waals surface area contributed by atoms with E-state index in [2.05, 4.69) is 0 Å². The van der Waals surface area contributed by atoms with Crippen molar-refractivity contribution < 1.29 is 103 Å². The summed E-state index contributed by atoms with van der Waals surface area (Å²) >= 11 is 0. The highest BCUT2D eigenvalue weighted by atomic mass is 19.4. The van der Waals surface area contributed by atoms with Crippen LogP contribution < -0.4 is 0 Å². The molecular formula is C10H3F19O4. The fourth-order valence-electron chi connectivity index (χ4n) is 1.41. The number of halogens is 19. The molecule has 0 bridgehead atoms. The Bertz CT molecular complexity index is 678. The lowest BCUT2D eigenvalue weighted by Crippen LogP contribution is -2.69. The van der Waals surface area contributed by atoms with Gasteiger partial charge in [-0.15, -0.1) is 13.2 Å². The standard InChI is InChI=1S/C10H3F19O4/c11-2(1-30,5(14,15)16)31-8(23,24)3(12,6(17,18)19)32-9(25,26)4(13,7(20,21)22)33-10(27,28)29/h30H,1H2. The van der Waals surface area contributed by atoms with Gasteiger partial charge in [0.2, 0.25) is 0 Å². The summed E-state index contributed by atoms with van der Waals surface area (Å²) in [5, 5.41) is 8.05. The Balaban J connectivity index is 6.80. The van der Waals surface area contributed by atoms with E-state index in [0.29, 0.717) is 0 Å². The largest absolute Gasteiger partial charge is 0.525 e. The summed E-state index contributed by atoms with van der Waals surface area (Å²) in [4.78, 5) is 0. The number of hydrogen-bond acceptors (Lipinski definition) is 4. The number of alkyl halides is 19. The molecule has 0 aliphatic carbocycles. The van der Waals surface area contributed by atoms with Crippen molar-refractivity contribution in [2.45, 2.75) is 54.7 Å². The van der Waals surface area contributed by atoms with E-state index in [4.69, 9.17) is 5.11 Å². The second-order valence-corrected chi connectivity index (χ2v) is 5.36. The Morgan fingerprint density at radius 1 is 0.424 bits per heavy atom. The number of rotatable bonds is 8. The fraction of sp³-hybridized carbons (Fsp3) is 1.00. The van der Waals surface area contributed by atoms with E-state index < -0.39 is 61.3 Å². The van der Waals surface area contributed by atoms with Gasteiger partial charge < -0.3 is 5.11 Å². The second-order valence-electron chi connectivity index (χ2n) is 5.36. The summed E-state index contributed by atoms with van der Waals surface area (Å²) in [6.07, 6.45) is -46.2. The molecule has 0 heterocycles. The zero-order valence-electron chi connectivity index (χ0n) is 14.1. The van der Waals surface area contributed by atoms with Crippen molar-refractivity contribution >= 4 is 0 Å². The van der Waals surface area contributed by atoms with Crippen LogP contribution in [0.2, 0.25) is 0 Å². The minimum absolute atomic E-state index is 1.22. The summed E-state index contributed by atoms with van der Waals surface area (Å²) in [5.74, 6) is -22.6. The first-order chi connectivity index (χ1) is 13.9. The molecule has 33 heavy (non-hydrogen) atoms. The molecule has 3 atom stereocenters. The van der Waals surface area contributed by atoms with Gasteiger partial charge in [-0.25, -0.2) is 4.74 Å². The van der Waals surface area contributed by atoms with E-state index in [0.717, 1.165) is 0 Å². The number of hydrogen-bond donors (Lipinski definition) is 1. The van der Waals surface area contributed by atoms with Gasteiger partial charge >= 0.3 is 54.7 Å². The highest BCUT2D eigenvalue weighted by Crippen LogP contribution is 2.57. The summed E-state index contributed by atoms with van der Waals surface area (Å²) < 4.78 is 245. The highest BCUT2D eigenvalue weighted by molar-refractivity contribution is 4.95. The van der Waals surface area contributed by atoms with E-state index in [1.807, 2.05) is 0 Å². The molecule has 0 aliphatic rings. The Hall–Kier alpha value is -1.49. The van der Waals surface area contributed by atoms with Crippen LogP contribution in [-0.4, -0.2) is 66.4 Å². The Kier molecular flexibility index (Phi) is 7.94. The van der Waals surface area contributed by atoms with Crippen LogP contribution in [0.1, 0.15) is 0 Å². The second kappa shape index (κ2) is 8.32. The molecule has 0 fully saturated rings. The van der Waals surface area contributed by atoms with Crippen LogP contribution in [0, 0.1) is 0 Å². The molecule has 0 amide bonds. The quantitative estimate of drug-likeness (QED) is 0.412. The molecular weight excluding hydrogens is 545 g/mol. The zero-order chi connectivity index (χ0) is 27.3. The predicted octanol–water partition coefficient (Wildman–Crippen LogP) is 5.42. The molecule has 0 aromatic rings. The SMILES string of the molecule is OCC(F)(OC(F)(F)C(F)(OC(F)(F)C(F)(OC(F)(F)F)C(F)(F)F)C(F)(F)F)C(F)(F)F. The molecule has 23 heteroatoms. The van der Waals surface area contributed by atoms with Gasteiger partial charge in [0, 0.05) is 0 Å². The van der Waals surface area contributed by atoms with E-state index >= 15 is 0 Å². The minimum atomic E-state index is -8.16. The average molecular weight is 548 g/mol. The van der Waals surface area contributed by atoms with Crippen LogP contribution >= 0.6 is 0 Å². The maximum absolute atomic E-state index is 13.8. The smallest absolute Gasteiger partial charge is 0.390 e. The third-order valence-corrected chi connectivity index (χ3v) is 2.92. The van der Waals surface area contributed by atoms with Crippen LogP contribution in [0.25, 0.3) is 0 Å². The van der Waals surface area contributed by atoms with Gasteiger partial charge in [0.1, 0.15) is 6.61 Å². The molecule has 0 saturated carbocycles. The van der Waals surface area contributed by atoms with E-state index in [1.165, 1.54) is 9.47 Å². The molecule has 0 radical (unpaired) electrons. The molecule has 0 aromatic carbocycles. The fourth-order valence-corrected chi connectivity index (χ4v) is 1.41. The lowest BCUT2D eigenvalue weighted by Gasteiger charge is -2.41. The van der Waals surface area contributed by atoms with Gasteiger partial charge in [0.25, 0.3) is 0 Å². The first kappa shape index (κ1) is 31.5. The van der Waals surface area contributed by atoms with Crippen molar-refractivity contribution in [2.24, 2.45) is 0 Å². The van der Waals surface area contributed by atoms with Crippen molar-refractivity contribution in [2.75, 3.05) is 6.61 Å². The Morgan fingerprint density at radius 3 is 0.970 bits per heavy atom. The number of ether oxygens (including phenoxy) is 3. The van der Waals surface area contributed by atoms with Gasteiger partial charge in [0.05, 0.1) is 0 Å². The zero-order valence-corrected chi connectivity index (χ0v) is 14.1. The first-order valence-corrected chi connectivity index (χ1v) is 6.74. The van der Waals surface area contributed by atoms with Gasteiger partial charge in [-0.1, -0.05) is 0 Å². The van der Waals surface area contributed by atoms with Crippen molar-refractivity contribution in [3.05, 3.63) is 0 Å². The third kappa shape index (κ3) is 5.96. The molecule has 200 valence electrons. The predicted molar refractivity (Wildman–Crippen MR) is 56.0 cm³/mol. The molecule has 0 rings (SSSR count). The summed E-state index contributed by atoms with van der Waals surface area (Å²) in [5.41, 5.74) is 0. The van der Waals surface area contributed by atoms with Crippen LogP contribution in [0.5, 0.6) is 0 Å². The summed E-state index contributed by atoms with van der Waals surface area (Å²) in [6.45, 7) is -3.47. The van der Waals surface area contributed by atoms with Crippen LogP contribution in [-0.2, 0) is 14.2 Å². The van der Waals surface area contributed by atoms with E-state index in [1.54, 1.807) is 4.74 Å². The van der Waals surface area contributed by atoms with Gasteiger partial charge in [-0.05, 0) is 0 Å². The normalized spacial score (nSPS) is 20.7. The monoisotopic (exact) mass is 548 g/mol. The van der Waals surface area contributed by atoms with Crippen LogP contribution in [0.15, 0.2) is 0 Å². The van der Waals surface area contributed by atoms with Crippen molar-refractivity contribution in [3.63, 3.8) is 0 Å². The highest BCUT2D eigenvalue weighted by Gasteiger charge is 2.86. The topological polar surface area (TPSA) is 47.9 Å². The molecule has 0 aromatic heterocycles. The number of aliphatic hydroxyl groups excluding tert-OH is 1. The molecule has 0 saturated heterocycles. The van der Waals surface area contributed by atoms with Crippen molar-refractivity contribution in [1.82, 2.24) is 0 Å². The first-order valence-electron chi connectivity index (χ1n) is 6.74. The molecule has 4 nitrogen and oxygen atoms in total. The lowest BCUT2D eigenvalue weighted by atomic mass is 10.2. The maximum atomic E-state index is 13.8. The Morgan fingerprint density at radius 2 is 0.727 bits per heavy atom. The molecule has 1 N–H and O–H groups in total. The van der Waals surface area contributed by atoms with Gasteiger partial charge in [-0.2, -0.15) is 70.2 Å². The molecule has 3 unspecified atom stereocenters. The Labute approximate surface area is 165 Å². The summed E-state index contributed by atoms with van der Waals surface area (Å²) in [6, 6.07) is 0. The lowest BCUT2D eigenvalue weighted by molar-refractivity contribution is -0.576. The van der Waals surface area contributed by atoms with Gasteiger partial charge in [-0.3, -0.25) is 9.47 Å². The van der Waals surface area contributed by atoms with Crippen LogP contribution in [0.4, 0.5) is 83.4 Å². The van der Waals surface area contributed by atoms with Gasteiger partial charge in [0.15, 0.2) is 0 Å². The minimum Gasteiger partial charge on any atom is -0.390 e. The van der Waals surface area contributed by atoms with Crippen molar-refractivity contribution in [1.29, 1.82) is 0 Å². The van der Waals surface area contributed by atoms with E-state index in [9.17, 15) is 83.4 Å². The van der Waals surface area contributed by atoms with Crippen LogP contribution in [0.3, 0.4) is 0 Å². The van der Waals surface area contributed by atoms with E-state index in [-0.39, 0.29) is 0 Å². The number of aliphatic hydroxyl groups is 1. The third-order valence-electron chi connectivity index (χ3n) is 2.92.